The van der Waals surface area contributed by atoms with Gasteiger partial charge in [-0.15, -0.1) is 0 Å². The summed E-state index contributed by atoms with van der Waals surface area (Å²) in [4.78, 5) is 15.3. The smallest absolute Gasteiger partial charge is 0.187 e. The molecule has 0 radical (unpaired) electrons. The van der Waals surface area contributed by atoms with Gasteiger partial charge in [-0.25, -0.2) is 4.85 Å². The number of alkyl halides is 1. The van der Waals surface area contributed by atoms with Crippen LogP contribution in [0.4, 0.5) is 5.69 Å². The minimum absolute atomic E-state index is 0.0948. The van der Waals surface area contributed by atoms with E-state index < -0.39 is 0 Å². The van der Waals surface area contributed by atoms with Crippen molar-refractivity contribution in [3.05, 3.63) is 41.2 Å². The summed E-state index contributed by atoms with van der Waals surface area (Å²) in [5.41, 5.74) is 1.16. The van der Waals surface area contributed by atoms with Gasteiger partial charge in [0.2, 0.25) is 0 Å². The van der Waals surface area contributed by atoms with Gasteiger partial charge in [-0.3, -0.25) is 4.79 Å². The molecule has 1 unspecified atom stereocenters. The fourth-order valence-electron chi connectivity index (χ4n) is 1.66. The summed E-state index contributed by atoms with van der Waals surface area (Å²) in [7, 11) is 0. The normalized spacial score (nSPS) is 16.5. The minimum atomic E-state index is -0.0963. The van der Waals surface area contributed by atoms with Crippen molar-refractivity contribution in [1.82, 2.24) is 0 Å². The number of carbonyl (C=O) groups excluding carboxylic acids is 1. The molecule has 1 atom stereocenters. The predicted octanol–water partition coefficient (Wildman–Crippen LogP) is 3.98. The molecule has 0 amide bonds. The van der Waals surface area contributed by atoms with E-state index in [0.29, 0.717) is 11.3 Å². The topological polar surface area (TPSA) is 21.4 Å². The number of benzene rings is 1. The second-order valence-corrected chi connectivity index (χ2v) is 5.28. The van der Waals surface area contributed by atoms with E-state index in [2.05, 4.69) is 20.8 Å². The zero-order valence-corrected chi connectivity index (χ0v) is 10.4. The van der Waals surface area contributed by atoms with Gasteiger partial charge in [0.15, 0.2) is 11.5 Å². The van der Waals surface area contributed by atoms with E-state index in [0.717, 1.165) is 12.3 Å². The van der Waals surface area contributed by atoms with E-state index >= 15 is 0 Å². The number of hydrogen-bond donors (Lipinski definition) is 0. The van der Waals surface area contributed by atoms with Crippen molar-refractivity contribution in [3.8, 4) is 0 Å². The van der Waals surface area contributed by atoms with Crippen LogP contribution in [0.1, 0.15) is 29.6 Å². The van der Waals surface area contributed by atoms with Crippen LogP contribution in [-0.2, 0) is 0 Å². The lowest BCUT2D eigenvalue weighted by atomic mass is 10.0. The first-order valence-electron chi connectivity index (χ1n) is 5.36. The SMILES string of the molecule is [C-]#[N+]c1cccc(C(=O)C(Br)CC2CC2)c1. The molecule has 16 heavy (non-hydrogen) atoms. The van der Waals surface area contributed by atoms with Crippen LogP contribution in [-0.4, -0.2) is 10.6 Å². The van der Waals surface area contributed by atoms with E-state index in [1.807, 2.05) is 0 Å². The molecule has 0 bridgehead atoms. The Morgan fingerprint density at radius 3 is 2.94 bits per heavy atom. The molecule has 1 saturated carbocycles. The standard InChI is InChI=1S/C13H12BrNO/c1-15-11-4-2-3-10(8-11)13(16)12(14)7-9-5-6-9/h2-4,8-9,12H,5-7H2. The van der Waals surface area contributed by atoms with E-state index in [1.165, 1.54) is 12.8 Å². The van der Waals surface area contributed by atoms with Crippen molar-refractivity contribution in [1.29, 1.82) is 0 Å². The van der Waals surface area contributed by atoms with Crippen LogP contribution >= 0.6 is 15.9 Å². The first kappa shape index (κ1) is 11.3. The van der Waals surface area contributed by atoms with Gasteiger partial charge >= 0.3 is 0 Å². The van der Waals surface area contributed by atoms with Gasteiger partial charge in [-0.2, -0.15) is 0 Å². The van der Waals surface area contributed by atoms with E-state index in [-0.39, 0.29) is 10.6 Å². The number of halogens is 1. The maximum Gasteiger partial charge on any atom is 0.187 e. The van der Waals surface area contributed by atoms with Crippen LogP contribution in [0.5, 0.6) is 0 Å². The number of ketones is 1. The Morgan fingerprint density at radius 1 is 1.56 bits per heavy atom. The van der Waals surface area contributed by atoms with Crippen molar-refractivity contribution in [2.75, 3.05) is 0 Å². The average molecular weight is 278 g/mol. The molecular formula is C13H12BrNO. The molecule has 0 heterocycles. The summed E-state index contributed by atoms with van der Waals surface area (Å²) in [6, 6.07) is 6.92. The molecule has 1 aliphatic carbocycles. The fraction of sp³-hybridized carbons (Fsp3) is 0.385. The van der Waals surface area contributed by atoms with E-state index in [9.17, 15) is 4.79 Å². The number of Topliss-reactive ketones (excluding diaryl/α,β-unsaturated/α-hetero) is 1. The van der Waals surface area contributed by atoms with Crippen molar-refractivity contribution >= 4 is 27.4 Å². The fourth-order valence-corrected chi connectivity index (χ4v) is 2.46. The Labute approximate surface area is 104 Å². The third kappa shape index (κ3) is 2.70. The van der Waals surface area contributed by atoms with Crippen molar-refractivity contribution in [2.24, 2.45) is 5.92 Å². The van der Waals surface area contributed by atoms with Gasteiger partial charge in [-0.05, 0) is 18.4 Å². The summed E-state index contributed by atoms with van der Waals surface area (Å²) in [5, 5.41) is 0. The Hall–Kier alpha value is -1.14. The van der Waals surface area contributed by atoms with Gasteiger partial charge in [0, 0.05) is 5.56 Å². The van der Waals surface area contributed by atoms with Crippen molar-refractivity contribution in [3.63, 3.8) is 0 Å². The predicted molar refractivity (Wildman–Crippen MR) is 67.1 cm³/mol. The molecule has 2 nitrogen and oxygen atoms in total. The lowest BCUT2D eigenvalue weighted by molar-refractivity contribution is 0.0987. The molecule has 0 N–H and O–H groups in total. The summed E-state index contributed by atoms with van der Waals surface area (Å²) < 4.78 is 0. The van der Waals surface area contributed by atoms with Crippen LogP contribution in [0.2, 0.25) is 0 Å². The Morgan fingerprint density at radius 2 is 2.31 bits per heavy atom. The third-order valence-electron chi connectivity index (χ3n) is 2.78. The van der Waals surface area contributed by atoms with Crippen LogP contribution in [0, 0.1) is 12.5 Å². The highest BCUT2D eigenvalue weighted by Gasteiger charge is 2.28. The van der Waals surface area contributed by atoms with E-state index in [1.54, 1.807) is 24.3 Å². The summed E-state index contributed by atoms with van der Waals surface area (Å²) in [6.07, 6.45) is 3.41. The molecule has 0 aliphatic heterocycles. The summed E-state index contributed by atoms with van der Waals surface area (Å²) in [5.74, 6) is 0.815. The minimum Gasteiger partial charge on any atom is -0.293 e. The van der Waals surface area contributed by atoms with Gasteiger partial charge in [-0.1, -0.05) is 47.0 Å². The second kappa shape index (κ2) is 4.80. The molecule has 1 aliphatic rings. The molecule has 1 aromatic carbocycles. The van der Waals surface area contributed by atoms with Crippen LogP contribution in [0.3, 0.4) is 0 Å². The zero-order chi connectivity index (χ0) is 11.5. The highest BCUT2D eigenvalue weighted by molar-refractivity contribution is 9.10. The van der Waals surface area contributed by atoms with E-state index in [4.69, 9.17) is 6.57 Å². The monoisotopic (exact) mass is 277 g/mol. The van der Waals surface area contributed by atoms with Gasteiger partial charge in [0.05, 0.1) is 11.4 Å². The average Bonchev–Trinajstić information content (AvgIpc) is 3.12. The molecule has 0 saturated heterocycles. The Bertz CT molecular complexity index is 445. The molecule has 0 aromatic heterocycles. The van der Waals surface area contributed by atoms with Crippen molar-refractivity contribution < 1.29 is 4.79 Å². The van der Waals surface area contributed by atoms with Crippen LogP contribution in [0.15, 0.2) is 24.3 Å². The lowest BCUT2D eigenvalue weighted by Crippen LogP contribution is -2.14. The Balaban J connectivity index is 2.09. The van der Waals surface area contributed by atoms with Crippen LogP contribution < -0.4 is 0 Å². The molecule has 0 spiro atoms. The highest BCUT2D eigenvalue weighted by atomic mass is 79.9. The molecule has 1 fully saturated rings. The van der Waals surface area contributed by atoms with Crippen molar-refractivity contribution in [2.45, 2.75) is 24.1 Å². The summed E-state index contributed by atoms with van der Waals surface area (Å²) in [6.45, 7) is 6.91. The zero-order valence-electron chi connectivity index (χ0n) is 8.82. The quantitative estimate of drug-likeness (QED) is 0.463. The molecular weight excluding hydrogens is 266 g/mol. The molecule has 82 valence electrons. The molecule has 1 aromatic rings. The van der Waals surface area contributed by atoms with Gasteiger partial charge in [0.1, 0.15) is 0 Å². The summed E-state index contributed by atoms with van der Waals surface area (Å²) >= 11 is 3.44. The third-order valence-corrected chi connectivity index (χ3v) is 3.57. The number of rotatable bonds is 4. The number of carbonyl (C=O) groups is 1. The van der Waals surface area contributed by atoms with Gasteiger partial charge < -0.3 is 0 Å². The number of nitrogens with zero attached hydrogens (tertiary/aromatic N) is 1. The highest BCUT2D eigenvalue weighted by Crippen LogP contribution is 2.36. The van der Waals surface area contributed by atoms with Crippen LogP contribution in [0.25, 0.3) is 4.85 Å². The van der Waals surface area contributed by atoms with Gasteiger partial charge in [0.25, 0.3) is 0 Å². The second-order valence-electron chi connectivity index (χ2n) is 4.17. The lowest BCUT2D eigenvalue weighted by Gasteiger charge is -2.08. The molecule has 2 rings (SSSR count). The first-order valence-corrected chi connectivity index (χ1v) is 6.28. The molecule has 3 heteroatoms. The Kier molecular flexibility index (Phi) is 3.40. The maximum atomic E-state index is 12.0. The first-order chi connectivity index (χ1) is 7.70. The maximum absolute atomic E-state index is 12.0. The largest absolute Gasteiger partial charge is 0.293 e. The number of hydrogen-bond acceptors (Lipinski definition) is 1.